The van der Waals surface area contributed by atoms with E-state index in [2.05, 4.69) is 107 Å². The van der Waals surface area contributed by atoms with Crippen molar-refractivity contribution in [3.05, 3.63) is 103 Å². The first-order valence-corrected chi connectivity index (χ1v) is 13.4. The summed E-state index contributed by atoms with van der Waals surface area (Å²) in [5.74, 6) is 1.39. The minimum absolute atomic E-state index is 0.00362. The molecule has 194 valence electrons. The summed E-state index contributed by atoms with van der Waals surface area (Å²) in [5.41, 5.74) is 7.56. The van der Waals surface area contributed by atoms with Crippen molar-refractivity contribution in [3.63, 3.8) is 0 Å². The number of hydrogen-bond acceptors (Lipinski definition) is 4. The minimum atomic E-state index is -0.0105. The van der Waals surface area contributed by atoms with Gasteiger partial charge in [-0.15, -0.1) is 0 Å². The zero-order chi connectivity index (χ0) is 27.4. The normalized spacial score (nSPS) is 12.4. The summed E-state index contributed by atoms with van der Waals surface area (Å²) in [6, 6.07) is 23.4. The predicted octanol–water partition coefficient (Wildman–Crippen LogP) is 8.29. The Labute approximate surface area is 229 Å². The van der Waals surface area contributed by atoms with Crippen LogP contribution in [-0.2, 0) is 10.8 Å². The van der Waals surface area contributed by atoms with Crippen molar-refractivity contribution < 1.29 is 0 Å². The molecule has 3 aromatic carbocycles. The SMILES string of the molecule is CC(C)(C)c1cnc(-c2ccccc2-c2ccc3c4ccccc4n(-c4ncc(C(C)(C)C)cn4)c3c2)nc1. The molecule has 0 aliphatic heterocycles. The van der Waals surface area contributed by atoms with E-state index in [0.29, 0.717) is 5.95 Å². The molecule has 5 nitrogen and oxygen atoms in total. The van der Waals surface area contributed by atoms with Gasteiger partial charge in [-0.1, -0.05) is 96.1 Å². The Balaban J connectivity index is 1.53. The minimum Gasteiger partial charge on any atom is -0.278 e. The molecule has 0 fully saturated rings. The van der Waals surface area contributed by atoms with E-state index in [1.54, 1.807) is 0 Å². The first-order chi connectivity index (χ1) is 18.6. The number of para-hydroxylation sites is 1. The number of hydrogen-bond donors (Lipinski definition) is 0. The highest BCUT2D eigenvalue weighted by Gasteiger charge is 2.19. The number of aromatic nitrogens is 5. The zero-order valence-electron chi connectivity index (χ0n) is 23.4. The van der Waals surface area contributed by atoms with Crippen molar-refractivity contribution in [2.24, 2.45) is 0 Å². The summed E-state index contributed by atoms with van der Waals surface area (Å²) in [5, 5.41) is 2.35. The van der Waals surface area contributed by atoms with Crippen LogP contribution in [0, 0.1) is 0 Å². The van der Waals surface area contributed by atoms with Crippen LogP contribution < -0.4 is 0 Å². The van der Waals surface area contributed by atoms with E-state index in [0.717, 1.165) is 44.7 Å². The van der Waals surface area contributed by atoms with Crippen molar-refractivity contribution in [3.8, 4) is 28.5 Å². The van der Waals surface area contributed by atoms with Gasteiger partial charge in [-0.3, -0.25) is 4.57 Å². The lowest BCUT2D eigenvalue weighted by Gasteiger charge is -2.18. The van der Waals surface area contributed by atoms with E-state index < -0.39 is 0 Å². The van der Waals surface area contributed by atoms with Crippen LogP contribution in [0.1, 0.15) is 52.7 Å². The Morgan fingerprint density at radius 2 is 1.08 bits per heavy atom. The summed E-state index contributed by atoms with van der Waals surface area (Å²) in [7, 11) is 0. The van der Waals surface area contributed by atoms with Crippen molar-refractivity contribution in [1.82, 2.24) is 24.5 Å². The highest BCUT2D eigenvalue weighted by Crippen LogP contribution is 2.37. The maximum atomic E-state index is 4.82. The lowest BCUT2D eigenvalue weighted by molar-refractivity contribution is 0.583. The lowest BCUT2D eigenvalue weighted by atomic mass is 9.89. The topological polar surface area (TPSA) is 56.5 Å². The lowest BCUT2D eigenvalue weighted by Crippen LogP contribution is -2.13. The second kappa shape index (κ2) is 9.12. The molecule has 0 unspecified atom stereocenters. The van der Waals surface area contributed by atoms with E-state index in [4.69, 9.17) is 19.9 Å². The molecule has 5 heteroatoms. The molecule has 0 aliphatic rings. The van der Waals surface area contributed by atoms with Crippen LogP contribution in [0.4, 0.5) is 0 Å². The molecule has 0 saturated carbocycles. The molecule has 3 heterocycles. The third-order valence-corrected chi connectivity index (χ3v) is 7.37. The van der Waals surface area contributed by atoms with Crippen LogP contribution >= 0.6 is 0 Å². The molecule has 3 aromatic heterocycles. The van der Waals surface area contributed by atoms with E-state index >= 15 is 0 Å². The molecule has 0 atom stereocenters. The highest BCUT2D eigenvalue weighted by molar-refractivity contribution is 6.10. The zero-order valence-corrected chi connectivity index (χ0v) is 23.4. The Kier molecular flexibility index (Phi) is 5.83. The van der Waals surface area contributed by atoms with Gasteiger partial charge in [0.25, 0.3) is 0 Å². The van der Waals surface area contributed by atoms with Crippen LogP contribution in [0.5, 0.6) is 0 Å². The summed E-state index contributed by atoms with van der Waals surface area (Å²) in [6.07, 6.45) is 7.78. The molecule has 0 aliphatic carbocycles. The Morgan fingerprint density at radius 1 is 0.538 bits per heavy atom. The summed E-state index contributed by atoms with van der Waals surface area (Å²) in [6.45, 7) is 13.1. The summed E-state index contributed by atoms with van der Waals surface area (Å²) in [4.78, 5) is 19.1. The molecule has 6 aromatic rings. The van der Waals surface area contributed by atoms with E-state index in [-0.39, 0.29) is 10.8 Å². The molecular weight excluding hydrogens is 478 g/mol. The molecule has 0 N–H and O–H groups in total. The van der Waals surface area contributed by atoms with Crippen LogP contribution in [0.3, 0.4) is 0 Å². The van der Waals surface area contributed by atoms with Gasteiger partial charge < -0.3 is 0 Å². The fraction of sp³-hybridized carbons (Fsp3) is 0.235. The van der Waals surface area contributed by atoms with Gasteiger partial charge in [-0.2, -0.15) is 0 Å². The van der Waals surface area contributed by atoms with Crippen LogP contribution in [0.25, 0.3) is 50.3 Å². The Hall–Kier alpha value is -4.38. The molecule has 0 radical (unpaired) electrons. The van der Waals surface area contributed by atoms with Crippen molar-refractivity contribution in [2.75, 3.05) is 0 Å². The van der Waals surface area contributed by atoms with Gasteiger partial charge in [0.2, 0.25) is 5.95 Å². The quantitative estimate of drug-likeness (QED) is 0.240. The number of rotatable bonds is 3. The Bertz CT molecular complexity index is 1800. The molecule has 6 rings (SSSR count). The maximum absolute atomic E-state index is 4.82. The fourth-order valence-corrected chi connectivity index (χ4v) is 4.96. The molecule has 0 saturated heterocycles. The highest BCUT2D eigenvalue weighted by atomic mass is 15.1. The van der Waals surface area contributed by atoms with Crippen molar-refractivity contribution in [2.45, 2.75) is 52.4 Å². The second-order valence-corrected chi connectivity index (χ2v) is 12.2. The van der Waals surface area contributed by atoms with Gasteiger partial charge in [0, 0.05) is 41.1 Å². The van der Waals surface area contributed by atoms with Crippen LogP contribution in [-0.4, -0.2) is 24.5 Å². The molecule has 0 bridgehead atoms. The van der Waals surface area contributed by atoms with E-state index in [9.17, 15) is 0 Å². The maximum Gasteiger partial charge on any atom is 0.234 e. The summed E-state index contributed by atoms with van der Waals surface area (Å²) >= 11 is 0. The predicted molar refractivity (Wildman–Crippen MR) is 160 cm³/mol. The molecular formula is C34H33N5. The van der Waals surface area contributed by atoms with Gasteiger partial charge in [0.05, 0.1) is 11.0 Å². The summed E-state index contributed by atoms with van der Waals surface area (Å²) < 4.78 is 2.16. The first-order valence-electron chi connectivity index (χ1n) is 13.4. The number of nitrogens with zero attached hydrogens (tertiary/aromatic N) is 5. The van der Waals surface area contributed by atoms with Gasteiger partial charge in [-0.25, -0.2) is 19.9 Å². The van der Waals surface area contributed by atoms with Crippen LogP contribution in [0.15, 0.2) is 91.5 Å². The smallest absolute Gasteiger partial charge is 0.234 e. The third kappa shape index (κ3) is 4.48. The monoisotopic (exact) mass is 511 g/mol. The average Bonchev–Trinajstić information content (AvgIpc) is 3.26. The van der Waals surface area contributed by atoms with Gasteiger partial charge in [-0.05, 0) is 45.2 Å². The van der Waals surface area contributed by atoms with E-state index in [1.165, 1.54) is 10.8 Å². The van der Waals surface area contributed by atoms with E-state index in [1.807, 2.05) is 30.9 Å². The van der Waals surface area contributed by atoms with Gasteiger partial charge in [0.15, 0.2) is 5.82 Å². The number of fused-ring (bicyclic) bond motifs is 3. The standard InChI is InChI=1S/C34H33N5/c1-33(2,3)23-18-35-31(36-19-23)28-13-8-7-11-25(28)22-15-16-27-26-12-9-10-14-29(26)39(30(27)17-22)32-37-20-24(21-38-32)34(4,5)6/h7-21H,1-6H3. The first kappa shape index (κ1) is 24.9. The molecule has 0 amide bonds. The van der Waals surface area contributed by atoms with Gasteiger partial charge >= 0.3 is 0 Å². The van der Waals surface area contributed by atoms with Crippen molar-refractivity contribution >= 4 is 21.8 Å². The van der Waals surface area contributed by atoms with Crippen LogP contribution in [0.2, 0.25) is 0 Å². The Morgan fingerprint density at radius 3 is 1.72 bits per heavy atom. The molecule has 39 heavy (non-hydrogen) atoms. The fourth-order valence-electron chi connectivity index (χ4n) is 4.96. The average molecular weight is 512 g/mol. The van der Waals surface area contributed by atoms with Gasteiger partial charge in [0.1, 0.15) is 0 Å². The largest absolute Gasteiger partial charge is 0.278 e. The number of benzene rings is 3. The molecule has 0 spiro atoms. The third-order valence-electron chi connectivity index (χ3n) is 7.37. The second-order valence-electron chi connectivity index (χ2n) is 12.2. The van der Waals surface area contributed by atoms with Crippen molar-refractivity contribution in [1.29, 1.82) is 0 Å².